The lowest BCUT2D eigenvalue weighted by molar-refractivity contribution is -0.137. The van der Waals surface area contributed by atoms with E-state index in [-0.39, 0.29) is 40.3 Å². The monoisotopic (exact) mass is 519 g/mol. The third kappa shape index (κ3) is 5.40. The lowest BCUT2D eigenvalue weighted by atomic mass is 9.88. The SMILES string of the molecule is COC1C=C(OC(C)=O)Cc2c1c(OC(C)=O)c1c(OC(C)=O)cc(-c3ccccc3)nc1c2OC(C)=O. The number of ether oxygens (including phenoxy) is 5. The van der Waals surface area contributed by atoms with Crippen molar-refractivity contribution in [2.45, 2.75) is 40.2 Å². The second kappa shape index (κ2) is 10.8. The Morgan fingerprint density at radius 2 is 1.42 bits per heavy atom. The van der Waals surface area contributed by atoms with Crippen LogP contribution in [0.1, 0.15) is 44.9 Å². The topological polar surface area (TPSA) is 127 Å². The molecule has 0 bridgehead atoms. The number of fused-ring (bicyclic) bond motifs is 2. The zero-order valence-electron chi connectivity index (χ0n) is 21.4. The van der Waals surface area contributed by atoms with Crippen LogP contribution in [0.3, 0.4) is 0 Å². The van der Waals surface area contributed by atoms with E-state index in [1.165, 1.54) is 34.8 Å². The number of carbonyl (C=O) groups excluding carboxylic acids is 4. The number of rotatable bonds is 6. The molecule has 1 unspecified atom stereocenters. The Bertz CT molecular complexity index is 1490. The van der Waals surface area contributed by atoms with Gasteiger partial charge in [-0.1, -0.05) is 30.3 Å². The Labute approximate surface area is 218 Å². The lowest BCUT2D eigenvalue weighted by Crippen LogP contribution is -2.19. The first-order chi connectivity index (χ1) is 18.1. The van der Waals surface area contributed by atoms with Crippen LogP contribution in [0.4, 0.5) is 0 Å². The molecule has 1 atom stereocenters. The van der Waals surface area contributed by atoms with Crippen molar-refractivity contribution >= 4 is 34.8 Å². The minimum atomic E-state index is -0.875. The first-order valence-electron chi connectivity index (χ1n) is 11.6. The van der Waals surface area contributed by atoms with Gasteiger partial charge in [0.1, 0.15) is 23.1 Å². The Balaban J connectivity index is 2.18. The van der Waals surface area contributed by atoms with Gasteiger partial charge in [-0.25, -0.2) is 4.98 Å². The van der Waals surface area contributed by atoms with Crippen LogP contribution < -0.4 is 14.2 Å². The van der Waals surface area contributed by atoms with E-state index in [9.17, 15) is 19.2 Å². The van der Waals surface area contributed by atoms with Gasteiger partial charge >= 0.3 is 23.9 Å². The van der Waals surface area contributed by atoms with Crippen molar-refractivity contribution in [2.24, 2.45) is 0 Å². The maximum atomic E-state index is 12.3. The van der Waals surface area contributed by atoms with E-state index in [4.69, 9.17) is 28.7 Å². The zero-order valence-corrected chi connectivity index (χ0v) is 21.4. The van der Waals surface area contributed by atoms with Gasteiger partial charge in [0, 0.05) is 64.0 Å². The predicted molar refractivity (Wildman–Crippen MR) is 134 cm³/mol. The minimum absolute atomic E-state index is 0.00172. The van der Waals surface area contributed by atoms with Crippen molar-refractivity contribution in [3.05, 3.63) is 59.4 Å². The highest BCUT2D eigenvalue weighted by Gasteiger charge is 2.35. The Morgan fingerprint density at radius 1 is 0.816 bits per heavy atom. The van der Waals surface area contributed by atoms with E-state index >= 15 is 0 Å². The molecule has 0 radical (unpaired) electrons. The molecule has 1 aromatic heterocycles. The van der Waals surface area contributed by atoms with Gasteiger partial charge in [-0.3, -0.25) is 19.2 Å². The number of pyridine rings is 1. The standard InChI is InChI=1S/C28H25NO9/c1-14(30)35-19-11-20-24(22(12-19)34-5)28(38-17(4)33)25-23(36-15(2)31)13-21(18-9-7-6-8-10-18)29-26(25)27(20)37-16(3)32/h6-10,12-13,22H,11H2,1-5H3. The van der Waals surface area contributed by atoms with Crippen LogP contribution in [-0.2, 0) is 35.1 Å². The summed E-state index contributed by atoms with van der Waals surface area (Å²) in [6.07, 6.45) is 0.680. The van der Waals surface area contributed by atoms with E-state index in [2.05, 4.69) is 0 Å². The van der Waals surface area contributed by atoms with Crippen molar-refractivity contribution in [1.82, 2.24) is 4.98 Å². The maximum Gasteiger partial charge on any atom is 0.308 e. The van der Waals surface area contributed by atoms with Crippen molar-refractivity contribution in [1.29, 1.82) is 0 Å². The number of carbonyl (C=O) groups is 4. The largest absolute Gasteiger partial charge is 0.431 e. The molecule has 0 fully saturated rings. The van der Waals surface area contributed by atoms with Gasteiger partial charge in [-0.15, -0.1) is 0 Å². The van der Waals surface area contributed by atoms with E-state index < -0.39 is 30.0 Å². The van der Waals surface area contributed by atoms with Gasteiger partial charge in [0.15, 0.2) is 11.5 Å². The molecule has 1 aliphatic rings. The molecule has 0 saturated heterocycles. The number of hydrogen-bond donors (Lipinski definition) is 0. The summed E-state index contributed by atoms with van der Waals surface area (Å²) in [7, 11) is 1.42. The molecule has 0 spiro atoms. The summed E-state index contributed by atoms with van der Waals surface area (Å²) in [5, 5.41) is 0.136. The van der Waals surface area contributed by atoms with Crippen molar-refractivity contribution in [3.8, 4) is 28.5 Å². The Morgan fingerprint density at radius 3 is 2.00 bits per heavy atom. The fourth-order valence-electron chi connectivity index (χ4n) is 4.34. The van der Waals surface area contributed by atoms with Crippen molar-refractivity contribution < 1.29 is 42.9 Å². The highest BCUT2D eigenvalue weighted by molar-refractivity contribution is 6.02. The van der Waals surface area contributed by atoms with Gasteiger partial charge in [0.2, 0.25) is 0 Å². The summed E-state index contributed by atoms with van der Waals surface area (Å²) in [5.74, 6) is -2.14. The molecule has 196 valence electrons. The number of benzene rings is 2. The van der Waals surface area contributed by atoms with Gasteiger partial charge < -0.3 is 23.7 Å². The third-order valence-corrected chi connectivity index (χ3v) is 5.59. The van der Waals surface area contributed by atoms with Gasteiger partial charge in [-0.2, -0.15) is 0 Å². The molecule has 10 heteroatoms. The summed E-state index contributed by atoms with van der Waals surface area (Å²) in [4.78, 5) is 53.2. The number of hydrogen-bond acceptors (Lipinski definition) is 10. The molecule has 0 amide bonds. The number of nitrogens with zero attached hydrogens (tertiary/aromatic N) is 1. The van der Waals surface area contributed by atoms with Gasteiger partial charge in [0.25, 0.3) is 0 Å². The number of methoxy groups -OCH3 is 1. The second-order valence-corrected chi connectivity index (χ2v) is 8.49. The molecule has 1 heterocycles. The van der Waals surface area contributed by atoms with Gasteiger partial charge in [-0.05, 0) is 6.08 Å². The lowest BCUT2D eigenvalue weighted by Gasteiger charge is -2.28. The van der Waals surface area contributed by atoms with Crippen molar-refractivity contribution in [3.63, 3.8) is 0 Å². The van der Waals surface area contributed by atoms with Crippen LogP contribution in [0.5, 0.6) is 17.2 Å². The molecule has 10 nitrogen and oxygen atoms in total. The molecule has 0 saturated carbocycles. The molecule has 0 N–H and O–H groups in total. The second-order valence-electron chi connectivity index (χ2n) is 8.49. The Hall–Kier alpha value is -4.57. The maximum absolute atomic E-state index is 12.3. The summed E-state index contributed by atoms with van der Waals surface area (Å²) in [6.45, 7) is 4.94. The highest BCUT2D eigenvalue weighted by atomic mass is 16.6. The quantitative estimate of drug-likeness (QED) is 0.342. The van der Waals surface area contributed by atoms with Gasteiger partial charge in [0.05, 0.1) is 11.1 Å². The Kier molecular flexibility index (Phi) is 7.54. The fourth-order valence-corrected chi connectivity index (χ4v) is 4.34. The average Bonchev–Trinajstić information content (AvgIpc) is 2.84. The van der Waals surface area contributed by atoms with Crippen LogP contribution in [0.15, 0.2) is 48.2 Å². The molecule has 3 aromatic rings. The summed E-state index contributed by atoms with van der Waals surface area (Å²) in [6, 6.07) is 10.6. The molecule has 2 aromatic carbocycles. The van der Waals surface area contributed by atoms with E-state index in [1.54, 1.807) is 12.1 Å². The average molecular weight is 520 g/mol. The molecule has 38 heavy (non-hydrogen) atoms. The zero-order chi connectivity index (χ0) is 27.6. The summed E-state index contributed by atoms with van der Waals surface area (Å²) < 4.78 is 27.9. The van der Waals surface area contributed by atoms with Crippen LogP contribution in [0.2, 0.25) is 0 Å². The first kappa shape index (κ1) is 26.5. The number of allylic oxidation sites excluding steroid dienone is 1. The highest BCUT2D eigenvalue weighted by Crippen LogP contribution is 2.51. The molecule has 0 aliphatic heterocycles. The van der Waals surface area contributed by atoms with Crippen LogP contribution in [0.25, 0.3) is 22.2 Å². The summed E-state index contributed by atoms with van der Waals surface area (Å²) >= 11 is 0. The fraction of sp³-hybridized carbons (Fsp3) is 0.250. The van der Waals surface area contributed by atoms with E-state index in [0.717, 1.165) is 0 Å². The van der Waals surface area contributed by atoms with Crippen LogP contribution in [0, 0.1) is 0 Å². The van der Waals surface area contributed by atoms with Crippen LogP contribution >= 0.6 is 0 Å². The smallest absolute Gasteiger partial charge is 0.308 e. The third-order valence-electron chi connectivity index (χ3n) is 5.59. The van der Waals surface area contributed by atoms with E-state index in [1.807, 2.05) is 30.3 Å². The predicted octanol–water partition coefficient (Wildman–Crippen LogP) is 4.37. The van der Waals surface area contributed by atoms with Crippen molar-refractivity contribution in [2.75, 3.05) is 7.11 Å². The van der Waals surface area contributed by atoms with Crippen LogP contribution in [-0.4, -0.2) is 36.0 Å². The molecular weight excluding hydrogens is 494 g/mol. The normalized spacial score (nSPS) is 14.2. The van der Waals surface area contributed by atoms with E-state index in [0.29, 0.717) is 22.4 Å². The number of esters is 4. The molecule has 1 aliphatic carbocycles. The summed E-state index contributed by atoms with van der Waals surface area (Å²) in [5.41, 5.74) is 1.91. The minimum Gasteiger partial charge on any atom is -0.431 e. The molecular formula is C28H25NO9. The number of aromatic nitrogens is 1. The first-order valence-corrected chi connectivity index (χ1v) is 11.6. The molecule has 4 rings (SSSR count).